The molecule has 4 bridgehead atoms. The van der Waals surface area contributed by atoms with Crippen LogP contribution in [-0.4, -0.2) is 15.0 Å². The van der Waals surface area contributed by atoms with Crippen molar-refractivity contribution in [1.29, 1.82) is 5.26 Å². The van der Waals surface area contributed by atoms with Crippen LogP contribution in [0.25, 0.3) is 56.1 Å². The summed E-state index contributed by atoms with van der Waals surface area (Å²) in [4.78, 5) is 14.9. The summed E-state index contributed by atoms with van der Waals surface area (Å²) in [7, 11) is 0. The standard InChI is InChI=1S/C48H38N4/c49-30-32-11-12-41-25-40(14-13-39(41)24-32)35-15-19-42(20-16-35)47-26-33-23-34(27-47)29-48(28-33,31-47)43-21-17-38(18-22-43)46-51-44(36-7-3-1-4-8-36)50-45(52-46)37-9-5-2-6-10-37/h1-22,24-25,33-34H,23,26-29,31H2. The number of fused-ring (bicyclic) bond motifs is 1. The van der Waals surface area contributed by atoms with E-state index in [0.29, 0.717) is 23.0 Å². The topological polar surface area (TPSA) is 62.5 Å². The highest BCUT2D eigenvalue weighted by atomic mass is 15.0. The van der Waals surface area contributed by atoms with Crippen molar-refractivity contribution in [3.8, 4) is 51.4 Å². The SMILES string of the molecule is N#Cc1ccc2cc(-c3ccc(C45CC6CC(C4)CC(c4ccc(-c7nc(-c8ccccc8)nc(-c8ccccc8)n7)cc4)(C6)C5)cc3)ccc2c1. The minimum atomic E-state index is 0.200. The van der Waals surface area contributed by atoms with Gasteiger partial charge in [-0.05, 0) is 112 Å². The van der Waals surface area contributed by atoms with Gasteiger partial charge in [-0.2, -0.15) is 5.26 Å². The molecule has 4 aliphatic carbocycles. The van der Waals surface area contributed by atoms with E-state index < -0.39 is 0 Å². The highest BCUT2D eigenvalue weighted by Crippen LogP contribution is 2.66. The number of nitriles is 1. The first kappa shape index (κ1) is 30.9. The van der Waals surface area contributed by atoms with Crippen molar-refractivity contribution in [3.05, 3.63) is 162 Å². The molecule has 0 radical (unpaired) electrons. The molecule has 1 aromatic heterocycles. The summed E-state index contributed by atoms with van der Waals surface area (Å²) in [6.45, 7) is 0. The van der Waals surface area contributed by atoms with Crippen molar-refractivity contribution < 1.29 is 0 Å². The maximum absolute atomic E-state index is 9.31. The lowest BCUT2D eigenvalue weighted by Crippen LogP contribution is -2.55. The fraction of sp³-hybridized carbons (Fsp3) is 0.208. The third-order valence-electron chi connectivity index (χ3n) is 12.3. The molecule has 0 saturated heterocycles. The average molecular weight is 671 g/mol. The summed E-state index contributed by atoms with van der Waals surface area (Å²) in [5, 5.41) is 11.6. The summed E-state index contributed by atoms with van der Waals surface area (Å²) in [6, 6.07) is 53.9. The van der Waals surface area contributed by atoms with Crippen LogP contribution in [0.1, 0.15) is 55.2 Å². The van der Waals surface area contributed by atoms with Gasteiger partial charge >= 0.3 is 0 Å². The molecule has 6 aromatic carbocycles. The van der Waals surface area contributed by atoms with E-state index in [1.807, 2.05) is 48.5 Å². The highest BCUT2D eigenvalue weighted by molar-refractivity contribution is 5.88. The largest absolute Gasteiger partial charge is 0.208 e. The van der Waals surface area contributed by atoms with Crippen LogP contribution in [0.2, 0.25) is 0 Å². The number of hydrogen-bond donors (Lipinski definition) is 0. The van der Waals surface area contributed by atoms with Gasteiger partial charge in [0.05, 0.1) is 11.6 Å². The molecule has 0 N–H and O–H groups in total. The quantitative estimate of drug-likeness (QED) is 0.177. The zero-order valence-corrected chi connectivity index (χ0v) is 29.0. The van der Waals surface area contributed by atoms with Crippen LogP contribution >= 0.6 is 0 Å². The molecule has 2 atom stereocenters. The zero-order valence-electron chi connectivity index (χ0n) is 29.0. The summed E-state index contributed by atoms with van der Waals surface area (Å²) in [5.41, 5.74) is 9.57. The van der Waals surface area contributed by atoms with Gasteiger partial charge in [-0.15, -0.1) is 0 Å². The fourth-order valence-electron chi connectivity index (χ4n) is 10.4. The Labute approximate surface area is 304 Å². The van der Waals surface area contributed by atoms with Gasteiger partial charge in [-0.3, -0.25) is 0 Å². The number of aromatic nitrogens is 3. The first-order valence-electron chi connectivity index (χ1n) is 18.6. The lowest BCUT2D eigenvalue weighted by molar-refractivity contribution is -0.0281. The first-order chi connectivity index (χ1) is 25.5. The van der Waals surface area contributed by atoms with Crippen LogP contribution in [0.5, 0.6) is 0 Å². The smallest absolute Gasteiger partial charge is 0.164 e. The Balaban J connectivity index is 0.958. The zero-order chi connectivity index (χ0) is 34.7. The monoisotopic (exact) mass is 670 g/mol. The van der Waals surface area contributed by atoms with E-state index in [2.05, 4.69) is 103 Å². The van der Waals surface area contributed by atoms with Gasteiger partial charge in [-0.1, -0.05) is 127 Å². The Bertz CT molecular complexity index is 2410. The van der Waals surface area contributed by atoms with Gasteiger partial charge in [0.1, 0.15) is 0 Å². The third-order valence-corrected chi connectivity index (χ3v) is 12.3. The second-order valence-electron chi connectivity index (χ2n) is 15.6. The highest BCUT2D eigenvalue weighted by Gasteiger charge is 2.58. The summed E-state index contributed by atoms with van der Waals surface area (Å²) < 4.78 is 0. The van der Waals surface area contributed by atoms with E-state index in [9.17, 15) is 5.26 Å². The van der Waals surface area contributed by atoms with Gasteiger partial charge < -0.3 is 0 Å². The maximum Gasteiger partial charge on any atom is 0.164 e. The van der Waals surface area contributed by atoms with Crippen LogP contribution in [0.4, 0.5) is 0 Å². The molecule has 11 rings (SSSR count). The average Bonchev–Trinajstić information content (AvgIpc) is 3.20. The maximum atomic E-state index is 9.31. The Morgan fingerprint density at radius 1 is 0.462 bits per heavy atom. The summed E-state index contributed by atoms with van der Waals surface area (Å²) in [5.74, 6) is 3.63. The molecular formula is C48H38N4. The fourth-order valence-corrected chi connectivity index (χ4v) is 10.4. The minimum Gasteiger partial charge on any atom is -0.208 e. The number of nitrogens with zero attached hydrogens (tertiary/aromatic N) is 4. The van der Waals surface area contributed by atoms with Gasteiger partial charge in [0.25, 0.3) is 0 Å². The Hall–Kier alpha value is -5.92. The molecular weight excluding hydrogens is 633 g/mol. The van der Waals surface area contributed by atoms with E-state index in [1.165, 1.54) is 66.2 Å². The molecule has 4 fully saturated rings. The molecule has 250 valence electrons. The van der Waals surface area contributed by atoms with Crippen molar-refractivity contribution in [2.75, 3.05) is 0 Å². The normalized spacial score (nSPS) is 23.1. The van der Waals surface area contributed by atoms with Crippen LogP contribution in [-0.2, 0) is 10.8 Å². The lowest BCUT2D eigenvalue weighted by Gasteiger charge is -2.63. The number of rotatable bonds is 6. The van der Waals surface area contributed by atoms with Crippen molar-refractivity contribution in [1.82, 2.24) is 15.0 Å². The molecule has 52 heavy (non-hydrogen) atoms. The van der Waals surface area contributed by atoms with Gasteiger partial charge in [-0.25, -0.2) is 15.0 Å². The van der Waals surface area contributed by atoms with Crippen molar-refractivity contribution in [2.24, 2.45) is 11.8 Å². The molecule has 4 saturated carbocycles. The van der Waals surface area contributed by atoms with Gasteiger partial charge in [0, 0.05) is 16.7 Å². The number of hydrogen-bond acceptors (Lipinski definition) is 4. The van der Waals surface area contributed by atoms with E-state index in [4.69, 9.17) is 15.0 Å². The molecule has 4 nitrogen and oxygen atoms in total. The molecule has 4 heteroatoms. The summed E-state index contributed by atoms with van der Waals surface area (Å²) >= 11 is 0. The Morgan fingerprint density at radius 3 is 1.42 bits per heavy atom. The molecule has 1 heterocycles. The second-order valence-corrected chi connectivity index (χ2v) is 15.6. The van der Waals surface area contributed by atoms with Gasteiger partial charge in [0.15, 0.2) is 17.5 Å². The summed E-state index contributed by atoms with van der Waals surface area (Å²) in [6.07, 6.45) is 7.76. The van der Waals surface area contributed by atoms with Crippen molar-refractivity contribution in [3.63, 3.8) is 0 Å². The molecule has 7 aromatic rings. The third kappa shape index (κ3) is 5.31. The predicted molar refractivity (Wildman–Crippen MR) is 208 cm³/mol. The predicted octanol–water partition coefficient (Wildman–Crippen LogP) is 11.4. The number of benzene rings is 6. The van der Waals surface area contributed by atoms with Gasteiger partial charge in [0.2, 0.25) is 0 Å². The van der Waals surface area contributed by atoms with Crippen molar-refractivity contribution >= 4 is 10.8 Å². The molecule has 0 amide bonds. The molecule has 0 spiro atoms. The lowest BCUT2D eigenvalue weighted by atomic mass is 9.41. The van der Waals surface area contributed by atoms with E-state index in [0.717, 1.165) is 33.9 Å². The first-order valence-corrected chi connectivity index (χ1v) is 18.6. The van der Waals surface area contributed by atoms with E-state index in [1.54, 1.807) is 0 Å². The molecule has 0 aliphatic heterocycles. The second kappa shape index (κ2) is 12.1. The van der Waals surface area contributed by atoms with Crippen molar-refractivity contribution in [2.45, 2.75) is 49.4 Å². The Morgan fingerprint density at radius 2 is 0.904 bits per heavy atom. The Kier molecular flexibility index (Phi) is 7.18. The molecule has 4 aliphatic rings. The minimum absolute atomic E-state index is 0.200. The van der Waals surface area contributed by atoms with Crippen LogP contribution in [0.3, 0.4) is 0 Å². The van der Waals surface area contributed by atoms with Crippen LogP contribution < -0.4 is 0 Å². The van der Waals surface area contributed by atoms with Crippen LogP contribution in [0, 0.1) is 23.2 Å². The van der Waals surface area contributed by atoms with E-state index >= 15 is 0 Å². The van der Waals surface area contributed by atoms with Crippen LogP contribution in [0.15, 0.2) is 146 Å². The molecule has 2 unspecified atom stereocenters. The van der Waals surface area contributed by atoms with E-state index in [-0.39, 0.29) is 10.8 Å².